The van der Waals surface area contributed by atoms with Gasteiger partial charge in [0.05, 0.1) is 13.7 Å². The van der Waals surface area contributed by atoms with E-state index in [9.17, 15) is 4.79 Å². The summed E-state index contributed by atoms with van der Waals surface area (Å²) in [5, 5.41) is 3.06. The van der Waals surface area contributed by atoms with Crippen LogP contribution in [0.5, 0.6) is 5.75 Å². The number of hydrogen-bond donors (Lipinski definition) is 1. The number of Topliss-reactive ketones (excluding diaryl/α,β-unsaturated/α-hetero) is 1. The van der Waals surface area contributed by atoms with Crippen molar-refractivity contribution in [2.75, 3.05) is 19.0 Å². The predicted molar refractivity (Wildman–Crippen MR) is 50.2 cm³/mol. The highest BCUT2D eigenvalue weighted by Crippen LogP contribution is 2.25. The van der Waals surface area contributed by atoms with Crippen molar-refractivity contribution in [3.8, 4) is 5.75 Å². The van der Waals surface area contributed by atoms with Crippen molar-refractivity contribution in [3.63, 3.8) is 0 Å². The molecule has 3 nitrogen and oxygen atoms in total. The van der Waals surface area contributed by atoms with Crippen molar-refractivity contribution in [2.45, 2.75) is 6.42 Å². The van der Waals surface area contributed by atoms with Crippen LogP contribution in [0, 0.1) is 0 Å². The molecule has 0 fully saturated rings. The Morgan fingerprint density at radius 2 is 2.31 bits per heavy atom. The minimum absolute atomic E-state index is 0.234. The molecule has 0 spiro atoms. The van der Waals surface area contributed by atoms with Crippen LogP contribution in [0.2, 0.25) is 0 Å². The van der Waals surface area contributed by atoms with Gasteiger partial charge in [0, 0.05) is 18.2 Å². The fourth-order valence-corrected chi connectivity index (χ4v) is 1.47. The second kappa shape index (κ2) is 3.09. The summed E-state index contributed by atoms with van der Waals surface area (Å²) in [6.07, 6.45) is 0.534. The summed E-state index contributed by atoms with van der Waals surface area (Å²) in [4.78, 5) is 11.1. The minimum atomic E-state index is 0.234. The lowest BCUT2D eigenvalue weighted by molar-refractivity contribution is -0.117. The normalized spacial score (nSPS) is 14.7. The average Bonchev–Trinajstić information content (AvgIpc) is 2.17. The molecule has 13 heavy (non-hydrogen) atoms. The van der Waals surface area contributed by atoms with Crippen molar-refractivity contribution in [1.82, 2.24) is 0 Å². The zero-order chi connectivity index (χ0) is 9.26. The van der Waals surface area contributed by atoms with Gasteiger partial charge < -0.3 is 10.1 Å². The molecule has 0 unspecified atom stereocenters. The van der Waals surface area contributed by atoms with Crippen LogP contribution in [0.3, 0.4) is 0 Å². The quantitative estimate of drug-likeness (QED) is 0.701. The van der Waals surface area contributed by atoms with E-state index in [4.69, 9.17) is 4.74 Å². The fourth-order valence-electron chi connectivity index (χ4n) is 1.47. The Bertz CT molecular complexity index is 347. The number of hydrogen-bond acceptors (Lipinski definition) is 3. The number of methoxy groups -OCH3 is 1. The van der Waals surface area contributed by atoms with E-state index >= 15 is 0 Å². The van der Waals surface area contributed by atoms with Crippen LogP contribution in [-0.2, 0) is 11.2 Å². The Kier molecular flexibility index (Phi) is 1.93. The third-order valence-corrected chi connectivity index (χ3v) is 2.18. The van der Waals surface area contributed by atoms with E-state index in [1.807, 2.05) is 18.2 Å². The van der Waals surface area contributed by atoms with Gasteiger partial charge in [0.2, 0.25) is 0 Å². The third-order valence-electron chi connectivity index (χ3n) is 2.18. The molecule has 1 aromatic rings. The van der Waals surface area contributed by atoms with Crippen molar-refractivity contribution in [2.24, 2.45) is 0 Å². The molecule has 1 heterocycles. The van der Waals surface area contributed by atoms with Gasteiger partial charge >= 0.3 is 0 Å². The lowest BCUT2D eigenvalue weighted by Crippen LogP contribution is -2.22. The molecule has 68 valence electrons. The number of fused-ring (bicyclic) bond motifs is 1. The Morgan fingerprint density at radius 3 is 3.08 bits per heavy atom. The Hall–Kier alpha value is -1.51. The minimum Gasteiger partial charge on any atom is -0.497 e. The van der Waals surface area contributed by atoms with Crippen LogP contribution in [-0.4, -0.2) is 19.4 Å². The van der Waals surface area contributed by atoms with Crippen molar-refractivity contribution < 1.29 is 9.53 Å². The molecule has 0 amide bonds. The highest BCUT2D eigenvalue weighted by molar-refractivity contribution is 5.89. The van der Waals surface area contributed by atoms with Crippen molar-refractivity contribution >= 4 is 11.5 Å². The number of ether oxygens (including phenoxy) is 1. The molecule has 0 saturated heterocycles. The van der Waals surface area contributed by atoms with Crippen LogP contribution in [0.1, 0.15) is 5.56 Å². The van der Waals surface area contributed by atoms with E-state index in [1.165, 1.54) is 0 Å². The van der Waals surface area contributed by atoms with Crippen LogP contribution < -0.4 is 10.1 Å². The number of carbonyl (C=O) groups is 1. The smallest absolute Gasteiger partial charge is 0.156 e. The maximum atomic E-state index is 11.1. The number of nitrogens with one attached hydrogen (secondary N) is 1. The number of anilines is 1. The molecule has 1 aliphatic rings. The maximum absolute atomic E-state index is 11.1. The van der Waals surface area contributed by atoms with E-state index in [0.717, 1.165) is 17.0 Å². The Labute approximate surface area is 76.7 Å². The SMILES string of the molecule is COc1ccc2c(c1)NCC(=O)C2. The molecule has 0 atom stereocenters. The molecule has 0 radical (unpaired) electrons. The van der Waals surface area contributed by atoms with Gasteiger partial charge in [0.15, 0.2) is 5.78 Å². The molecule has 1 aliphatic heterocycles. The van der Waals surface area contributed by atoms with Crippen molar-refractivity contribution in [1.29, 1.82) is 0 Å². The highest BCUT2D eigenvalue weighted by atomic mass is 16.5. The van der Waals surface area contributed by atoms with E-state index in [1.54, 1.807) is 7.11 Å². The van der Waals surface area contributed by atoms with Crippen molar-refractivity contribution in [3.05, 3.63) is 23.8 Å². The summed E-state index contributed by atoms with van der Waals surface area (Å²) >= 11 is 0. The number of benzene rings is 1. The summed E-state index contributed by atoms with van der Waals surface area (Å²) in [6, 6.07) is 5.72. The van der Waals surface area contributed by atoms with Gasteiger partial charge in [0.1, 0.15) is 5.75 Å². The zero-order valence-electron chi connectivity index (χ0n) is 7.46. The first-order valence-corrected chi connectivity index (χ1v) is 4.22. The van der Waals surface area contributed by atoms with Gasteiger partial charge in [-0.15, -0.1) is 0 Å². The average molecular weight is 177 g/mol. The second-order valence-electron chi connectivity index (χ2n) is 3.09. The lowest BCUT2D eigenvalue weighted by atomic mass is 10.0. The van der Waals surface area contributed by atoms with E-state index in [-0.39, 0.29) is 5.78 Å². The molecule has 0 aromatic heterocycles. The lowest BCUT2D eigenvalue weighted by Gasteiger charge is -2.17. The van der Waals surface area contributed by atoms with Crippen LogP contribution >= 0.6 is 0 Å². The molecule has 3 heteroatoms. The molecular weight excluding hydrogens is 166 g/mol. The van der Waals surface area contributed by atoms with Gasteiger partial charge in [-0.05, 0) is 11.6 Å². The van der Waals surface area contributed by atoms with Gasteiger partial charge in [0.25, 0.3) is 0 Å². The summed E-state index contributed by atoms with van der Waals surface area (Å²) in [5.41, 5.74) is 2.07. The van der Waals surface area contributed by atoms with Gasteiger partial charge in [-0.3, -0.25) is 4.79 Å². The fraction of sp³-hybridized carbons (Fsp3) is 0.300. The molecular formula is C10H11NO2. The van der Waals surface area contributed by atoms with Crippen LogP contribution in [0.4, 0.5) is 5.69 Å². The molecule has 2 rings (SSSR count). The summed E-state index contributed by atoms with van der Waals surface area (Å²) in [5.74, 6) is 1.05. The maximum Gasteiger partial charge on any atom is 0.156 e. The zero-order valence-corrected chi connectivity index (χ0v) is 7.46. The summed E-state index contributed by atoms with van der Waals surface area (Å²) in [6.45, 7) is 0.431. The van der Waals surface area contributed by atoms with E-state index in [0.29, 0.717) is 13.0 Å². The van der Waals surface area contributed by atoms with Gasteiger partial charge in [-0.1, -0.05) is 6.07 Å². The van der Waals surface area contributed by atoms with Crippen LogP contribution in [0.15, 0.2) is 18.2 Å². The first-order chi connectivity index (χ1) is 6.29. The monoisotopic (exact) mass is 177 g/mol. The Balaban J connectivity index is 2.36. The first kappa shape index (κ1) is 8.10. The van der Waals surface area contributed by atoms with E-state index < -0.39 is 0 Å². The van der Waals surface area contributed by atoms with E-state index in [2.05, 4.69) is 5.32 Å². The molecule has 0 saturated carbocycles. The second-order valence-corrected chi connectivity index (χ2v) is 3.09. The predicted octanol–water partition coefficient (Wildman–Crippen LogP) is 1.23. The Morgan fingerprint density at radius 1 is 1.46 bits per heavy atom. The molecule has 1 N–H and O–H groups in total. The highest BCUT2D eigenvalue weighted by Gasteiger charge is 2.14. The largest absolute Gasteiger partial charge is 0.497 e. The summed E-state index contributed by atoms with van der Waals surface area (Å²) in [7, 11) is 1.63. The standard InChI is InChI=1S/C10H11NO2/c1-13-9-3-2-7-4-8(12)6-11-10(7)5-9/h2-3,5,11H,4,6H2,1H3. The number of ketones is 1. The molecule has 0 bridgehead atoms. The number of carbonyl (C=O) groups excluding carboxylic acids is 1. The topological polar surface area (TPSA) is 38.3 Å². The van der Waals surface area contributed by atoms with Gasteiger partial charge in [-0.25, -0.2) is 0 Å². The van der Waals surface area contributed by atoms with Crippen LogP contribution in [0.25, 0.3) is 0 Å². The third kappa shape index (κ3) is 1.49. The van der Waals surface area contributed by atoms with Gasteiger partial charge in [-0.2, -0.15) is 0 Å². The molecule has 0 aliphatic carbocycles. The first-order valence-electron chi connectivity index (χ1n) is 4.22. The number of rotatable bonds is 1. The molecule has 1 aromatic carbocycles. The summed E-state index contributed by atoms with van der Waals surface area (Å²) < 4.78 is 5.08.